The fraction of sp³-hybridized carbons (Fsp3) is 0.542. The molecule has 1 aromatic rings. The Labute approximate surface area is 184 Å². The van der Waals surface area contributed by atoms with Gasteiger partial charge in [0.15, 0.2) is 0 Å². The molecule has 0 aromatic heterocycles. The van der Waals surface area contributed by atoms with Gasteiger partial charge in [-0.3, -0.25) is 9.59 Å². The van der Waals surface area contributed by atoms with Crippen LogP contribution in [0, 0.1) is 6.92 Å². The lowest BCUT2D eigenvalue weighted by molar-refractivity contribution is -0.148. The smallest absolute Gasteiger partial charge is 0.336 e. The molecule has 0 spiro atoms. The van der Waals surface area contributed by atoms with Crippen LogP contribution in [0.4, 0.5) is 0 Å². The van der Waals surface area contributed by atoms with Crippen LogP contribution in [0.5, 0.6) is 0 Å². The lowest BCUT2D eigenvalue weighted by Crippen LogP contribution is -2.52. The van der Waals surface area contributed by atoms with E-state index in [4.69, 9.17) is 9.47 Å². The predicted molar refractivity (Wildman–Crippen MR) is 116 cm³/mol. The highest BCUT2D eigenvalue weighted by molar-refractivity contribution is 5.97. The summed E-state index contributed by atoms with van der Waals surface area (Å²) in [5.74, 6) is -1.14. The standard InChI is InChI=1S/C24H32N2O5/c1-6-30-24(29)23-18(5)26(14-22(28)25-12-16(3)31-17(4)13-25)21(27)11-20(23)19-9-7-8-15(2)10-19/h7-10,16-17,20H,6,11-14H2,1-5H3/t16-,17+,20-/m1/s1. The van der Waals surface area contributed by atoms with Crippen LogP contribution in [0.1, 0.15) is 51.2 Å². The van der Waals surface area contributed by atoms with Crippen LogP contribution < -0.4 is 0 Å². The Hall–Kier alpha value is -2.67. The number of aryl methyl sites for hydroxylation is 1. The van der Waals surface area contributed by atoms with E-state index in [1.165, 1.54) is 4.90 Å². The molecule has 7 nitrogen and oxygen atoms in total. The number of morpholine rings is 1. The first-order valence-corrected chi connectivity index (χ1v) is 10.9. The first-order chi connectivity index (χ1) is 14.7. The van der Waals surface area contributed by atoms with Gasteiger partial charge in [0.05, 0.1) is 24.4 Å². The molecule has 0 aliphatic carbocycles. The van der Waals surface area contributed by atoms with Crippen LogP contribution >= 0.6 is 0 Å². The number of esters is 1. The summed E-state index contributed by atoms with van der Waals surface area (Å²) in [5, 5.41) is 0. The highest BCUT2D eigenvalue weighted by atomic mass is 16.5. The van der Waals surface area contributed by atoms with E-state index in [1.807, 2.05) is 45.0 Å². The van der Waals surface area contributed by atoms with Gasteiger partial charge in [0.2, 0.25) is 11.8 Å². The molecule has 0 N–H and O–H groups in total. The number of carbonyl (C=O) groups excluding carboxylic acids is 3. The molecule has 2 amide bonds. The van der Waals surface area contributed by atoms with E-state index in [2.05, 4.69) is 0 Å². The Bertz CT molecular complexity index is 884. The fourth-order valence-corrected chi connectivity index (χ4v) is 4.47. The molecule has 0 unspecified atom stereocenters. The third-order valence-corrected chi connectivity index (χ3v) is 5.83. The Balaban J connectivity index is 1.91. The second-order valence-electron chi connectivity index (χ2n) is 8.43. The van der Waals surface area contributed by atoms with Crippen LogP contribution in [0.25, 0.3) is 0 Å². The van der Waals surface area contributed by atoms with Gasteiger partial charge in [0, 0.05) is 31.1 Å². The molecular weight excluding hydrogens is 396 g/mol. The van der Waals surface area contributed by atoms with Gasteiger partial charge in [-0.25, -0.2) is 4.79 Å². The fourth-order valence-electron chi connectivity index (χ4n) is 4.47. The van der Waals surface area contributed by atoms with Crippen molar-refractivity contribution < 1.29 is 23.9 Å². The summed E-state index contributed by atoms with van der Waals surface area (Å²) in [7, 11) is 0. The number of allylic oxidation sites excluding steroid dienone is 1. The van der Waals surface area contributed by atoms with Gasteiger partial charge in [-0.05, 0) is 40.2 Å². The highest BCUT2D eigenvalue weighted by Crippen LogP contribution is 2.37. The van der Waals surface area contributed by atoms with Crippen molar-refractivity contribution in [2.24, 2.45) is 0 Å². The number of hydrogen-bond donors (Lipinski definition) is 0. The Morgan fingerprint density at radius 2 is 1.84 bits per heavy atom. The molecule has 1 saturated heterocycles. The number of hydrogen-bond acceptors (Lipinski definition) is 5. The van der Waals surface area contributed by atoms with E-state index >= 15 is 0 Å². The zero-order valence-electron chi connectivity index (χ0n) is 19.0. The summed E-state index contributed by atoms with van der Waals surface area (Å²) in [6.45, 7) is 10.5. The summed E-state index contributed by atoms with van der Waals surface area (Å²) < 4.78 is 11.0. The van der Waals surface area contributed by atoms with Crippen LogP contribution in [-0.4, -0.2) is 66.0 Å². The molecule has 168 valence electrons. The van der Waals surface area contributed by atoms with E-state index < -0.39 is 5.97 Å². The normalized spacial score (nSPS) is 24.4. The Morgan fingerprint density at radius 3 is 2.45 bits per heavy atom. The van der Waals surface area contributed by atoms with Gasteiger partial charge in [-0.1, -0.05) is 29.8 Å². The lowest BCUT2D eigenvalue weighted by atomic mass is 9.83. The maximum atomic E-state index is 13.1. The first-order valence-electron chi connectivity index (χ1n) is 10.9. The van der Waals surface area contributed by atoms with Crippen LogP contribution in [0.15, 0.2) is 35.5 Å². The van der Waals surface area contributed by atoms with Crippen molar-refractivity contribution in [1.29, 1.82) is 0 Å². The molecule has 0 saturated carbocycles. The molecule has 2 heterocycles. The molecular formula is C24H32N2O5. The summed E-state index contributed by atoms with van der Waals surface area (Å²) >= 11 is 0. The van der Waals surface area contributed by atoms with E-state index in [0.29, 0.717) is 24.4 Å². The minimum absolute atomic E-state index is 0.0535. The van der Waals surface area contributed by atoms with Gasteiger partial charge in [-0.2, -0.15) is 0 Å². The third-order valence-electron chi connectivity index (χ3n) is 5.83. The second kappa shape index (κ2) is 9.64. The van der Waals surface area contributed by atoms with Gasteiger partial charge < -0.3 is 19.3 Å². The quantitative estimate of drug-likeness (QED) is 0.674. The van der Waals surface area contributed by atoms with E-state index in [-0.39, 0.29) is 49.5 Å². The SMILES string of the molecule is CCOC(=O)C1=C(C)N(CC(=O)N2C[C@@H](C)O[C@@H](C)C2)C(=O)C[C@@H]1c1cccc(C)c1. The number of amides is 2. The van der Waals surface area contributed by atoms with E-state index in [9.17, 15) is 14.4 Å². The predicted octanol–water partition coefficient (Wildman–Crippen LogP) is 2.78. The zero-order chi connectivity index (χ0) is 22.7. The van der Waals surface area contributed by atoms with E-state index in [0.717, 1.165) is 11.1 Å². The topological polar surface area (TPSA) is 76.2 Å². The molecule has 0 bridgehead atoms. The van der Waals surface area contributed by atoms with Crippen molar-refractivity contribution in [3.63, 3.8) is 0 Å². The molecule has 1 aromatic carbocycles. The average Bonchev–Trinajstić information content (AvgIpc) is 2.69. The summed E-state index contributed by atoms with van der Waals surface area (Å²) in [6.07, 6.45) is 0.0161. The van der Waals surface area contributed by atoms with Crippen LogP contribution in [-0.2, 0) is 23.9 Å². The first kappa shape index (κ1) is 23.0. The van der Waals surface area contributed by atoms with E-state index in [1.54, 1.807) is 18.7 Å². The number of benzene rings is 1. The summed E-state index contributed by atoms with van der Waals surface area (Å²) in [4.78, 5) is 42.1. The van der Waals surface area contributed by atoms with Gasteiger partial charge in [0.25, 0.3) is 0 Å². The van der Waals surface area contributed by atoms with Gasteiger partial charge >= 0.3 is 5.97 Å². The van der Waals surface area contributed by atoms with Crippen molar-refractivity contribution in [2.75, 3.05) is 26.2 Å². The molecule has 3 rings (SSSR count). The molecule has 1 fully saturated rings. The van der Waals surface area contributed by atoms with Gasteiger partial charge in [0.1, 0.15) is 6.54 Å². The number of rotatable bonds is 5. The van der Waals surface area contributed by atoms with Crippen LogP contribution in [0.2, 0.25) is 0 Å². The van der Waals surface area contributed by atoms with Crippen molar-refractivity contribution in [3.8, 4) is 0 Å². The van der Waals surface area contributed by atoms with Crippen molar-refractivity contribution in [1.82, 2.24) is 9.80 Å². The molecule has 7 heteroatoms. The van der Waals surface area contributed by atoms with Crippen molar-refractivity contribution in [3.05, 3.63) is 46.7 Å². The molecule has 2 aliphatic rings. The number of nitrogens with zero attached hydrogens (tertiary/aromatic N) is 2. The van der Waals surface area contributed by atoms with Gasteiger partial charge in [-0.15, -0.1) is 0 Å². The second-order valence-corrected chi connectivity index (χ2v) is 8.43. The summed E-state index contributed by atoms with van der Waals surface area (Å²) in [6, 6.07) is 7.81. The largest absolute Gasteiger partial charge is 0.463 e. The van der Waals surface area contributed by atoms with Crippen LogP contribution in [0.3, 0.4) is 0 Å². The monoisotopic (exact) mass is 428 g/mol. The van der Waals surface area contributed by atoms with Crippen molar-refractivity contribution in [2.45, 2.75) is 59.2 Å². The number of carbonyl (C=O) groups is 3. The lowest BCUT2D eigenvalue weighted by Gasteiger charge is -2.38. The molecule has 0 radical (unpaired) electrons. The maximum Gasteiger partial charge on any atom is 0.336 e. The molecule has 2 aliphatic heterocycles. The minimum Gasteiger partial charge on any atom is -0.463 e. The maximum absolute atomic E-state index is 13.1. The highest BCUT2D eigenvalue weighted by Gasteiger charge is 2.38. The minimum atomic E-state index is -0.440. The molecule has 31 heavy (non-hydrogen) atoms. The third kappa shape index (κ3) is 5.15. The number of ether oxygens (including phenoxy) is 2. The average molecular weight is 429 g/mol. The van der Waals surface area contributed by atoms with Crippen molar-refractivity contribution >= 4 is 17.8 Å². The summed E-state index contributed by atoms with van der Waals surface area (Å²) in [5.41, 5.74) is 2.89. The zero-order valence-corrected chi connectivity index (χ0v) is 19.0. The Morgan fingerprint density at radius 1 is 1.16 bits per heavy atom. The molecule has 3 atom stereocenters. The Kier molecular flexibility index (Phi) is 7.15.